The predicted octanol–water partition coefficient (Wildman–Crippen LogP) is 0.666. The van der Waals surface area contributed by atoms with E-state index in [1.54, 1.807) is 4.90 Å². The van der Waals surface area contributed by atoms with Crippen molar-refractivity contribution >= 4 is 11.8 Å². The summed E-state index contributed by atoms with van der Waals surface area (Å²) in [4.78, 5) is 25.1. The molecular formula is C14H24N2O3. The molecule has 1 saturated heterocycles. The standard InChI is InChI=1S/C14H24N2O3/c17-12-5-3-4-11(8-12)9-15-13(18)10-16-7-2-1-6-14(16)19/h11-12,17H,1-10H2,(H,15,18). The van der Waals surface area contributed by atoms with Gasteiger partial charge in [-0.3, -0.25) is 9.59 Å². The third-order valence-corrected chi connectivity index (χ3v) is 4.10. The maximum Gasteiger partial charge on any atom is 0.239 e. The zero-order valence-electron chi connectivity index (χ0n) is 11.4. The van der Waals surface area contributed by atoms with Gasteiger partial charge in [-0.05, 0) is 38.0 Å². The summed E-state index contributed by atoms with van der Waals surface area (Å²) in [5.74, 6) is 0.398. The van der Waals surface area contributed by atoms with Crippen molar-refractivity contribution in [3.63, 3.8) is 0 Å². The van der Waals surface area contributed by atoms with Crippen LogP contribution < -0.4 is 5.32 Å². The number of hydrogen-bond donors (Lipinski definition) is 2. The number of carbonyl (C=O) groups is 2. The maximum atomic E-state index is 11.8. The summed E-state index contributed by atoms with van der Waals surface area (Å²) < 4.78 is 0. The molecule has 2 atom stereocenters. The van der Waals surface area contributed by atoms with Gasteiger partial charge in [0.05, 0.1) is 12.6 Å². The number of rotatable bonds is 4. The highest BCUT2D eigenvalue weighted by Crippen LogP contribution is 2.23. The lowest BCUT2D eigenvalue weighted by Gasteiger charge is -2.28. The molecule has 0 bridgehead atoms. The normalized spacial score (nSPS) is 28.3. The van der Waals surface area contributed by atoms with Crippen LogP contribution >= 0.6 is 0 Å². The summed E-state index contributed by atoms with van der Waals surface area (Å²) in [7, 11) is 0. The highest BCUT2D eigenvalue weighted by atomic mass is 16.3. The van der Waals surface area contributed by atoms with E-state index in [1.807, 2.05) is 0 Å². The first-order chi connectivity index (χ1) is 9.15. The molecule has 5 nitrogen and oxygen atoms in total. The summed E-state index contributed by atoms with van der Waals surface area (Å²) in [6.45, 7) is 1.51. The van der Waals surface area contributed by atoms with E-state index in [4.69, 9.17) is 0 Å². The van der Waals surface area contributed by atoms with Crippen molar-refractivity contribution in [2.45, 2.75) is 51.0 Å². The quantitative estimate of drug-likeness (QED) is 0.787. The van der Waals surface area contributed by atoms with Crippen molar-refractivity contribution in [1.82, 2.24) is 10.2 Å². The number of carbonyl (C=O) groups excluding carboxylic acids is 2. The second kappa shape index (κ2) is 6.89. The van der Waals surface area contributed by atoms with Gasteiger partial charge in [-0.15, -0.1) is 0 Å². The minimum Gasteiger partial charge on any atom is -0.393 e. The molecule has 1 heterocycles. The Morgan fingerprint density at radius 2 is 2.16 bits per heavy atom. The van der Waals surface area contributed by atoms with E-state index in [1.165, 1.54) is 0 Å². The van der Waals surface area contributed by atoms with Gasteiger partial charge >= 0.3 is 0 Å². The molecule has 0 aromatic rings. The Morgan fingerprint density at radius 3 is 2.89 bits per heavy atom. The van der Waals surface area contributed by atoms with Gasteiger partial charge in [0.25, 0.3) is 0 Å². The van der Waals surface area contributed by atoms with Crippen LogP contribution in [0.3, 0.4) is 0 Å². The molecule has 0 radical (unpaired) electrons. The second-order valence-electron chi connectivity index (χ2n) is 5.76. The van der Waals surface area contributed by atoms with Gasteiger partial charge < -0.3 is 15.3 Å². The fourth-order valence-corrected chi connectivity index (χ4v) is 2.96. The van der Waals surface area contributed by atoms with E-state index in [0.717, 1.165) is 38.5 Å². The van der Waals surface area contributed by atoms with Crippen LogP contribution in [0.2, 0.25) is 0 Å². The number of piperidine rings is 1. The molecule has 0 aromatic heterocycles. The summed E-state index contributed by atoms with van der Waals surface area (Å²) in [6, 6.07) is 0. The minimum atomic E-state index is -0.209. The predicted molar refractivity (Wildman–Crippen MR) is 71.4 cm³/mol. The SMILES string of the molecule is O=C(CN1CCCCC1=O)NCC1CCCC(O)C1. The van der Waals surface area contributed by atoms with Gasteiger partial charge in [0.15, 0.2) is 0 Å². The molecule has 19 heavy (non-hydrogen) atoms. The highest BCUT2D eigenvalue weighted by Gasteiger charge is 2.23. The Kier molecular flexibility index (Phi) is 5.19. The lowest BCUT2D eigenvalue weighted by molar-refractivity contribution is -0.137. The molecule has 1 aliphatic carbocycles. The lowest BCUT2D eigenvalue weighted by Crippen LogP contribution is -2.44. The molecule has 2 aliphatic rings. The second-order valence-corrected chi connectivity index (χ2v) is 5.76. The monoisotopic (exact) mass is 268 g/mol. The molecule has 0 aromatic carbocycles. The topological polar surface area (TPSA) is 69.6 Å². The first-order valence-electron chi connectivity index (χ1n) is 7.37. The molecule has 2 unspecified atom stereocenters. The Morgan fingerprint density at radius 1 is 1.32 bits per heavy atom. The Hall–Kier alpha value is -1.10. The van der Waals surface area contributed by atoms with E-state index in [2.05, 4.69) is 5.32 Å². The van der Waals surface area contributed by atoms with Crippen LogP contribution in [0.25, 0.3) is 0 Å². The van der Waals surface area contributed by atoms with Crippen LogP contribution in [0.1, 0.15) is 44.9 Å². The number of nitrogens with one attached hydrogen (secondary N) is 1. The number of nitrogens with zero attached hydrogens (tertiary/aromatic N) is 1. The van der Waals surface area contributed by atoms with Crippen LogP contribution in [0, 0.1) is 5.92 Å². The fraction of sp³-hybridized carbons (Fsp3) is 0.857. The molecule has 1 saturated carbocycles. The first-order valence-corrected chi connectivity index (χ1v) is 7.37. The number of hydrogen-bond acceptors (Lipinski definition) is 3. The van der Waals surface area contributed by atoms with Gasteiger partial charge in [0.2, 0.25) is 11.8 Å². The molecular weight excluding hydrogens is 244 g/mol. The van der Waals surface area contributed by atoms with Gasteiger partial charge in [-0.25, -0.2) is 0 Å². The Labute approximate surface area is 114 Å². The van der Waals surface area contributed by atoms with Crippen LogP contribution in [-0.2, 0) is 9.59 Å². The van der Waals surface area contributed by atoms with Crippen LogP contribution in [0.5, 0.6) is 0 Å². The van der Waals surface area contributed by atoms with Gasteiger partial charge in [0.1, 0.15) is 0 Å². The van der Waals surface area contributed by atoms with E-state index in [-0.39, 0.29) is 24.5 Å². The van der Waals surface area contributed by atoms with Crippen molar-refractivity contribution in [1.29, 1.82) is 0 Å². The van der Waals surface area contributed by atoms with Crippen LogP contribution in [-0.4, -0.2) is 47.6 Å². The highest BCUT2D eigenvalue weighted by molar-refractivity contribution is 5.85. The Balaban J connectivity index is 1.67. The van der Waals surface area contributed by atoms with Crippen molar-refractivity contribution in [2.75, 3.05) is 19.6 Å². The molecule has 1 aliphatic heterocycles. The molecule has 2 rings (SSSR count). The molecule has 2 amide bonds. The molecule has 5 heteroatoms. The van der Waals surface area contributed by atoms with Gasteiger partial charge in [-0.2, -0.15) is 0 Å². The Bertz CT molecular complexity index is 333. The third-order valence-electron chi connectivity index (χ3n) is 4.10. The minimum absolute atomic E-state index is 0.0738. The van der Waals surface area contributed by atoms with E-state index < -0.39 is 0 Å². The van der Waals surface area contributed by atoms with Crippen molar-refractivity contribution < 1.29 is 14.7 Å². The molecule has 0 spiro atoms. The summed E-state index contributed by atoms with van der Waals surface area (Å²) in [5, 5.41) is 12.5. The molecule has 2 fully saturated rings. The van der Waals surface area contributed by atoms with Crippen molar-refractivity contribution in [3.05, 3.63) is 0 Å². The first kappa shape index (κ1) is 14.3. The fourth-order valence-electron chi connectivity index (χ4n) is 2.96. The zero-order valence-corrected chi connectivity index (χ0v) is 11.4. The largest absolute Gasteiger partial charge is 0.393 e. The number of aliphatic hydroxyl groups is 1. The smallest absolute Gasteiger partial charge is 0.239 e. The number of likely N-dealkylation sites (tertiary alicyclic amines) is 1. The molecule has 108 valence electrons. The zero-order chi connectivity index (χ0) is 13.7. The summed E-state index contributed by atoms with van der Waals surface area (Å²) >= 11 is 0. The van der Waals surface area contributed by atoms with Crippen LogP contribution in [0.4, 0.5) is 0 Å². The lowest BCUT2D eigenvalue weighted by atomic mass is 9.87. The summed E-state index contributed by atoms with van der Waals surface area (Å²) in [6.07, 6.45) is 6.06. The van der Waals surface area contributed by atoms with Gasteiger partial charge in [-0.1, -0.05) is 6.42 Å². The average molecular weight is 268 g/mol. The average Bonchev–Trinajstić information content (AvgIpc) is 2.39. The van der Waals surface area contributed by atoms with Crippen LogP contribution in [0.15, 0.2) is 0 Å². The van der Waals surface area contributed by atoms with Crippen molar-refractivity contribution in [2.24, 2.45) is 5.92 Å². The number of amides is 2. The van der Waals surface area contributed by atoms with E-state index >= 15 is 0 Å². The van der Waals surface area contributed by atoms with E-state index in [9.17, 15) is 14.7 Å². The summed E-state index contributed by atoms with van der Waals surface area (Å²) in [5.41, 5.74) is 0. The third kappa shape index (κ3) is 4.49. The van der Waals surface area contributed by atoms with Crippen molar-refractivity contribution in [3.8, 4) is 0 Å². The number of aliphatic hydroxyl groups excluding tert-OH is 1. The van der Waals surface area contributed by atoms with E-state index in [0.29, 0.717) is 25.4 Å². The molecule has 2 N–H and O–H groups in total. The van der Waals surface area contributed by atoms with Gasteiger partial charge in [0, 0.05) is 19.5 Å². The maximum absolute atomic E-state index is 11.8.